The zero-order valence-electron chi connectivity index (χ0n) is 19.8. The Bertz CT molecular complexity index is 1180. The van der Waals surface area contributed by atoms with Crippen molar-refractivity contribution in [1.82, 2.24) is 14.6 Å². The van der Waals surface area contributed by atoms with E-state index in [4.69, 9.17) is 30.1 Å². The van der Waals surface area contributed by atoms with Gasteiger partial charge in [-0.1, -0.05) is 18.2 Å². The van der Waals surface area contributed by atoms with E-state index in [9.17, 15) is 18.9 Å². The summed E-state index contributed by atoms with van der Waals surface area (Å²) in [4.78, 5) is 38.2. The highest BCUT2D eigenvalue weighted by molar-refractivity contribution is 7.52. The minimum atomic E-state index is -4.13. The van der Waals surface area contributed by atoms with E-state index in [2.05, 4.69) is 10.1 Å². The summed E-state index contributed by atoms with van der Waals surface area (Å²) < 4.78 is 37.3. The fourth-order valence-electron chi connectivity index (χ4n) is 3.31. The van der Waals surface area contributed by atoms with Crippen LogP contribution in [0.1, 0.15) is 40.3 Å². The summed E-state index contributed by atoms with van der Waals surface area (Å²) in [5.74, 6) is -0.375. The van der Waals surface area contributed by atoms with Gasteiger partial charge < -0.3 is 14.0 Å². The molecule has 0 radical (unpaired) electrons. The molecule has 11 nitrogen and oxygen atoms in total. The lowest BCUT2D eigenvalue weighted by molar-refractivity contribution is -0.153. The topological polar surface area (TPSA) is 138 Å². The number of halogens is 1. The van der Waals surface area contributed by atoms with Crippen LogP contribution >= 0.6 is 19.3 Å². The molecule has 1 saturated heterocycles. The third-order valence-electron chi connectivity index (χ3n) is 4.92. The minimum Gasteiger partial charge on any atom is -0.462 e. The second-order valence-corrected chi connectivity index (χ2v) is 11.0. The summed E-state index contributed by atoms with van der Waals surface area (Å²) in [6, 6.07) is 9.53. The third kappa shape index (κ3) is 7.28. The van der Waals surface area contributed by atoms with Crippen molar-refractivity contribution in [3.63, 3.8) is 0 Å². The first-order valence-corrected chi connectivity index (χ1v) is 13.0. The quantitative estimate of drug-likeness (QED) is 0.270. The van der Waals surface area contributed by atoms with Crippen LogP contribution in [0.3, 0.4) is 0 Å². The molecule has 2 heterocycles. The molecule has 1 aromatic heterocycles. The standard InChI is InChI=1S/C22H29ClN3O8P/c1-14(2)32-20(28)22(3,4)25-35(30,34-15-8-6-5-7-9-15)31-13-16-12-17(23)19(33-16)26-11-10-18(27)24-21(26)29/h5-11,14,16-17,19H,12-13H2,1-4H3,(H,25,30)(H,24,27,29)/t16-,17-,19+,35?/m0/s1. The van der Waals surface area contributed by atoms with E-state index in [1.807, 2.05) is 0 Å². The molecule has 1 aromatic carbocycles. The number of alkyl halides is 1. The normalized spacial score (nSPS) is 22.1. The first-order valence-electron chi connectivity index (χ1n) is 11.0. The predicted molar refractivity (Wildman–Crippen MR) is 129 cm³/mol. The van der Waals surface area contributed by atoms with E-state index in [0.29, 0.717) is 0 Å². The van der Waals surface area contributed by atoms with Gasteiger partial charge in [0, 0.05) is 12.3 Å². The highest BCUT2D eigenvalue weighted by Gasteiger charge is 2.43. The monoisotopic (exact) mass is 529 g/mol. The summed E-state index contributed by atoms with van der Waals surface area (Å²) in [6.45, 7) is 6.19. The van der Waals surface area contributed by atoms with Gasteiger partial charge >= 0.3 is 19.4 Å². The lowest BCUT2D eigenvalue weighted by Gasteiger charge is -2.30. The Balaban J connectivity index is 1.75. The van der Waals surface area contributed by atoms with Gasteiger partial charge in [0.25, 0.3) is 5.56 Å². The average molecular weight is 530 g/mol. The van der Waals surface area contributed by atoms with Crippen molar-refractivity contribution in [3.05, 3.63) is 63.4 Å². The molecule has 4 atom stereocenters. The Morgan fingerprint density at radius 1 is 1.29 bits per heavy atom. The number of nitrogens with one attached hydrogen (secondary N) is 2. The van der Waals surface area contributed by atoms with Crippen LogP contribution in [0, 0.1) is 0 Å². The van der Waals surface area contributed by atoms with Gasteiger partial charge in [-0.2, -0.15) is 5.09 Å². The molecule has 1 aliphatic rings. The molecule has 1 aliphatic heterocycles. The Morgan fingerprint density at radius 3 is 2.60 bits per heavy atom. The fraction of sp³-hybridized carbons (Fsp3) is 0.500. The summed E-state index contributed by atoms with van der Waals surface area (Å²) in [6.07, 6.45) is -0.337. The van der Waals surface area contributed by atoms with Crippen LogP contribution in [0.5, 0.6) is 5.75 Å². The van der Waals surface area contributed by atoms with Crippen molar-refractivity contribution >= 4 is 25.3 Å². The second-order valence-electron chi connectivity index (χ2n) is 8.81. The number of benzene rings is 1. The molecule has 2 N–H and O–H groups in total. The highest BCUT2D eigenvalue weighted by Crippen LogP contribution is 2.47. The molecule has 192 valence electrons. The number of hydrogen-bond donors (Lipinski definition) is 2. The molecule has 3 rings (SSSR count). The lowest BCUT2D eigenvalue weighted by Crippen LogP contribution is -2.47. The van der Waals surface area contributed by atoms with Crippen molar-refractivity contribution in [2.24, 2.45) is 0 Å². The smallest absolute Gasteiger partial charge is 0.459 e. The van der Waals surface area contributed by atoms with E-state index in [-0.39, 0.29) is 24.9 Å². The third-order valence-corrected chi connectivity index (χ3v) is 7.09. The van der Waals surface area contributed by atoms with E-state index in [1.165, 1.54) is 30.7 Å². The first-order chi connectivity index (χ1) is 16.4. The number of nitrogens with zero attached hydrogens (tertiary/aromatic N) is 1. The van der Waals surface area contributed by atoms with Gasteiger partial charge in [0.2, 0.25) is 0 Å². The number of H-pyrrole nitrogens is 1. The molecule has 1 unspecified atom stereocenters. The summed E-state index contributed by atoms with van der Waals surface area (Å²) in [5.41, 5.74) is -2.62. The van der Waals surface area contributed by atoms with Gasteiger partial charge in [-0.15, -0.1) is 11.6 Å². The predicted octanol–water partition coefficient (Wildman–Crippen LogP) is 2.96. The van der Waals surface area contributed by atoms with E-state index in [0.717, 1.165) is 0 Å². The Kier molecular flexibility index (Phi) is 8.61. The van der Waals surface area contributed by atoms with Gasteiger partial charge in [-0.3, -0.25) is 23.7 Å². The van der Waals surface area contributed by atoms with Crippen LogP contribution in [0.25, 0.3) is 0 Å². The second kappa shape index (κ2) is 11.1. The van der Waals surface area contributed by atoms with Crippen LogP contribution in [-0.2, 0) is 23.4 Å². The van der Waals surface area contributed by atoms with Gasteiger partial charge in [0.1, 0.15) is 11.3 Å². The van der Waals surface area contributed by atoms with Gasteiger partial charge in [-0.05, 0) is 46.2 Å². The number of para-hydroxylation sites is 1. The van der Waals surface area contributed by atoms with E-state index >= 15 is 0 Å². The Hall–Kier alpha value is -2.43. The maximum Gasteiger partial charge on any atom is 0.459 e. The molecular weight excluding hydrogens is 501 g/mol. The lowest BCUT2D eigenvalue weighted by atomic mass is 10.1. The van der Waals surface area contributed by atoms with Gasteiger partial charge in [0.15, 0.2) is 6.23 Å². The fourth-order valence-corrected chi connectivity index (χ4v) is 5.39. The van der Waals surface area contributed by atoms with E-state index < -0.39 is 48.2 Å². The van der Waals surface area contributed by atoms with Gasteiger partial charge in [-0.25, -0.2) is 9.36 Å². The maximum atomic E-state index is 13.7. The van der Waals surface area contributed by atoms with Crippen LogP contribution < -0.4 is 20.9 Å². The van der Waals surface area contributed by atoms with Crippen LogP contribution in [0.15, 0.2) is 52.2 Å². The number of rotatable bonds is 10. The summed E-state index contributed by atoms with van der Waals surface area (Å²) in [5, 5.41) is 2.05. The van der Waals surface area contributed by atoms with Crippen molar-refractivity contribution in [2.75, 3.05) is 6.61 Å². The van der Waals surface area contributed by atoms with Crippen LogP contribution in [-0.4, -0.2) is 45.3 Å². The first kappa shape index (κ1) is 27.2. The molecule has 0 amide bonds. The zero-order chi connectivity index (χ0) is 25.8. The molecule has 1 fully saturated rings. The molecule has 0 spiro atoms. The molecule has 0 saturated carbocycles. The number of aromatic amines is 1. The van der Waals surface area contributed by atoms with Crippen molar-refractivity contribution in [1.29, 1.82) is 0 Å². The molecule has 0 aliphatic carbocycles. The minimum absolute atomic E-state index is 0.218. The number of ether oxygens (including phenoxy) is 2. The number of carbonyl (C=O) groups is 1. The van der Waals surface area contributed by atoms with Crippen molar-refractivity contribution in [2.45, 2.75) is 63.5 Å². The molecule has 13 heteroatoms. The Morgan fingerprint density at radius 2 is 1.97 bits per heavy atom. The zero-order valence-corrected chi connectivity index (χ0v) is 21.5. The molecule has 0 bridgehead atoms. The number of aromatic nitrogens is 2. The maximum absolute atomic E-state index is 13.7. The van der Waals surface area contributed by atoms with E-state index in [1.54, 1.807) is 44.2 Å². The summed E-state index contributed by atoms with van der Waals surface area (Å²) in [7, 11) is -4.13. The molecule has 2 aromatic rings. The highest BCUT2D eigenvalue weighted by atomic mass is 35.5. The van der Waals surface area contributed by atoms with Gasteiger partial charge in [0.05, 0.1) is 24.2 Å². The number of hydrogen-bond acceptors (Lipinski definition) is 8. The SMILES string of the molecule is CC(C)OC(=O)C(C)(C)NP(=O)(OC[C@@H]1C[C@H](Cl)[C@H](n2ccc(=O)[nH]c2=O)O1)Oc1ccccc1. The van der Waals surface area contributed by atoms with Crippen LogP contribution in [0.2, 0.25) is 0 Å². The molecule has 35 heavy (non-hydrogen) atoms. The molecular formula is C22H29ClN3O8P. The van der Waals surface area contributed by atoms with Crippen LogP contribution in [0.4, 0.5) is 0 Å². The largest absolute Gasteiger partial charge is 0.462 e. The summed E-state index contributed by atoms with van der Waals surface area (Å²) >= 11 is 6.39. The average Bonchev–Trinajstić information content (AvgIpc) is 3.12. The van der Waals surface area contributed by atoms with Crippen molar-refractivity contribution in [3.8, 4) is 5.75 Å². The number of carbonyl (C=O) groups excluding carboxylic acids is 1. The Labute approximate surface area is 207 Å². The van der Waals surface area contributed by atoms with Crippen molar-refractivity contribution < 1.29 is 27.9 Å². The number of esters is 1.